The first kappa shape index (κ1) is 9.56. The van der Waals surface area contributed by atoms with Crippen LogP contribution in [-0.2, 0) is 6.18 Å². The number of aromatic amines is 1. The second kappa shape index (κ2) is 3.01. The third-order valence-corrected chi connectivity index (χ3v) is 1.66. The van der Waals surface area contributed by atoms with Gasteiger partial charge >= 0.3 is 6.18 Å². The second-order valence-electron chi connectivity index (χ2n) is 2.73. The average molecular weight is 218 g/mol. The monoisotopic (exact) mass is 218 g/mol. The summed E-state index contributed by atoms with van der Waals surface area (Å²) in [6.45, 7) is 0. The number of nitrogens with one attached hydrogen (secondary N) is 1. The molecular weight excluding hydrogens is 213 g/mol. The average Bonchev–Trinajstić information content (AvgIpc) is 2.69. The van der Waals surface area contributed by atoms with Gasteiger partial charge < -0.3 is 10.2 Å². The largest absolute Gasteiger partial charge is 0.432 e. The van der Waals surface area contributed by atoms with Crippen LogP contribution in [0.25, 0.3) is 11.5 Å². The van der Waals surface area contributed by atoms with E-state index in [4.69, 9.17) is 10.2 Å². The predicted octanol–water partition coefficient (Wildman–Crippen LogP) is 1.67. The number of halogens is 3. The normalized spacial score (nSPS) is 11.9. The zero-order chi connectivity index (χ0) is 11.1. The molecule has 0 aromatic carbocycles. The van der Waals surface area contributed by atoms with E-state index in [9.17, 15) is 13.2 Å². The van der Waals surface area contributed by atoms with Crippen LogP contribution in [0.3, 0.4) is 0 Å². The summed E-state index contributed by atoms with van der Waals surface area (Å²) in [6.07, 6.45) is -3.26. The number of rotatable bonds is 1. The standard InChI is InChI=1S/C7H5F3N4O/c8-7(9,10)5-1-3(13-14-5)4-2-12-6(11)15-4/h1-2H,(H2,11,12)(H,13,14). The Labute approximate surface area is 81.1 Å². The summed E-state index contributed by atoms with van der Waals surface area (Å²) in [7, 11) is 0. The van der Waals surface area contributed by atoms with Crippen molar-refractivity contribution in [2.45, 2.75) is 6.18 Å². The number of hydrogen-bond acceptors (Lipinski definition) is 4. The van der Waals surface area contributed by atoms with E-state index >= 15 is 0 Å². The molecule has 0 aliphatic rings. The van der Waals surface area contributed by atoms with E-state index in [0.29, 0.717) is 0 Å². The number of oxazole rings is 1. The summed E-state index contributed by atoms with van der Waals surface area (Å²) >= 11 is 0. The molecule has 2 aromatic heterocycles. The van der Waals surface area contributed by atoms with Crippen molar-refractivity contribution in [3.63, 3.8) is 0 Å². The molecule has 5 nitrogen and oxygen atoms in total. The smallest absolute Gasteiger partial charge is 0.422 e. The highest BCUT2D eigenvalue weighted by Gasteiger charge is 2.33. The molecule has 0 radical (unpaired) electrons. The van der Waals surface area contributed by atoms with Gasteiger partial charge in [-0.1, -0.05) is 0 Å². The Hall–Kier alpha value is -1.99. The Morgan fingerprint density at radius 2 is 2.13 bits per heavy atom. The lowest BCUT2D eigenvalue weighted by Gasteiger charge is -1.99. The van der Waals surface area contributed by atoms with E-state index in [0.717, 1.165) is 6.07 Å². The lowest BCUT2D eigenvalue weighted by molar-refractivity contribution is -0.141. The summed E-state index contributed by atoms with van der Waals surface area (Å²) in [5.41, 5.74) is 4.23. The Bertz CT molecular complexity index is 473. The van der Waals surface area contributed by atoms with Gasteiger partial charge in [0.05, 0.1) is 6.20 Å². The fourth-order valence-corrected chi connectivity index (χ4v) is 0.999. The summed E-state index contributed by atoms with van der Waals surface area (Å²) in [5.74, 6) is 0.0826. The molecule has 0 saturated heterocycles. The molecule has 0 bridgehead atoms. The Morgan fingerprint density at radius 1 is 1.40 bits per heavy atom. The number of aromatic nitrogens is 3. The van der Waals surface area contributed by atoms with Gasteiger partial charge in [0.1, 0.15) is 11.4 Å². The topological polar surface area (TPSA) is 80.7 Å². The SMILES string of the molecule is Nc1ncc(-c2cc(C(F)(F)F)[nH]n2)o1. The van der Waals surface area contributed by atoms with Crippen molar-refractivity contribution in [3.8, 4) is 11.5 Å². The van der Waals surface area contributed by atoms with E-state index in [1.807, 2.05) is 5.10 Å². The van der Waals surface area contributed by atoms with Crippen LogP contribution in [0.2, 0.25) is 0 Å². The predicted molar refractivity (Wildman–Crippen MR) is 43.5 cm³/mol. The van der Waals surface area contributed by atoms with Gasteiger partial charge in [0.15, 0.2) is 5.76 Å². The molecular formula is C7H5F3N4O. The Balaban J connectivity index is 2.36. The van der Waals surface area contributed by atoms with Crippen molar-refractivity contribution in [1.82, 2.24) is 15.2 Å². The summed E-state index contributed by atoms with van der Waals surface area (Å²) in [5, 5.41) is 5.28. The molecule has 0 spiro atoms. The zero-order valence-corrected chi connectivity index (χ0v) is 7.17. The highest BCUT2D eigenvalue weighted by molar-refractivity contribution is 5.52. The minimum Gasteiger partial charge on any atom is -0.422 e. The molecule has 15 heavy (non-hydrogen) atoms. The van der Waals surface area contributed by atoms with Gasteiger partial charge in [-0.05, 0) is 6.07 Å². The van der Waals surface area contributed by atoms with Crippen molar-refractivity contribution in [2.75, 3.05) is 5.73 Å². The number of nitrogens with zero attached hydrogens (tertiary/aromatic N) is 2. The van der Waals surface area contributed by atoms with E-state index in [2.05, 4.69) is 10.1 Å². The van der Waals surface area contributed by atoms with E-state index < -0.39 is 11.9 Å². The van der Waals surface area contributed by atoms with E-state index in [-0.39, 0.29) is 17.5 Å². The van der Waals surface area contributed by atoms with Gasteiger partial charge in [0.25, 0.3) is 6.01 Å². The lowest BCUT2D eigenvalue weighted by atomic mass is 10.3. The second-order valence-corrected chi connectivity index (χ2v) is 2.73. The molecule has 2 rings (SSSR count). The maximum atomic E-state index is 12.2. The van der Waals surface area contributed by atoms with Gasteiger partial charge in [0.2, 0.25) is 0 Å². The van der Waals surface area contributed by atoms with Crippen LogP contribution in [-0.4, -0.2) is 15.2 Å². The van der Waals surface area contributed by atoms with Crippen LogP contribution < -0.4 is 5.73 Å². The third-order valence-electron chi connectivity index (χ3n) is 1.66. The van der Waals surface area contributed by atoms with Crippen LogP contribution in [0, 0.1) is 0 Å². The fraction of sp³-hybridized carbons (Fsp3) is 0.143. The maximum absolute atomic E-state index is 12.2. The molecule has 2 heterocycles. The lowest BCUT2D eigenvalue weighted by Crippen LogP contribution is -2.04. The summed E-state index contributed by atoms with van der Waals surface area (Å²) < 4.78 is 41.4. The number of alkyl halides is 3. The van der Waals surface area contributed by atoms with E-state index in [1.165, 1.54) is 6.20 Å². The first-order valence-corrected chi connectivity index (χ1v) is 3.81. The molecule has 0 saturated carbocycles. The molecule has 0 atom stereocenters. The van der Waals surface area contributed by atoms with Crippen molar-refractivity contribution in [2.24, 2.45) is 0 Å². The van der Waals surface area contributed by atoms with Gasteiger partial charge in [0, 0.05) is 0 Å². The van der Waals surface area contributed by atoms with E-state index in [1.54, 1.807) is 0 Å². The van der Waals surface area contributed by atoms with Gasteiger partial charge in [-0.25, -0.2) is 4.98 Å². The fourth-order valence-electron chi connectivity index (χ4n) is 0.999. The molecule has 0 fully saturated rings. The maximum Gasteiger partial charge on any atom is 0.432 e. The molecule has 80 valence electrons. The first-order chi connectivity index (χ1) is 6.97. The minimum atomic E-state index is -4.46. The molecule has 2 aromatic rings. The Morgan fingerprint density at radius 3 is 2.60 bits per heavy atom. The molecule has 0 aliphatic heterocycles. The van der Waals surface area contributed by atoms with Crippen LogP contribution in [0.4, 0.5) is 19.2 Å². The van der Waals surface area contributed by atoms with Crippen molar-refractivity contribution >= 4 is 6.01 Å². The van der Waals surface area contributed by atoms with Crippen LogP contribution in [0.5, 0.6) is 0 Å². The third kappa shape index (κ3) is 1.78. The quantitative estimate of drug-likeness (QED) is 0.762. The molecule has 8 heteroatoms. The van der Waals surface area contributed by atoms with Gasteiger partial charge in [-0.2, -0.15) is 18.3 Å². The van der Waals surface area contributed by atoms with Crippen LogP contribution in [0.1, 0.15) is 5.69 Å². The van der Waals surface area contributed by atoms with Crippen LogP contribution >= 0.6 is 0 Å². The zero-order valence-electron chi connectivity index (χ0n) is 7.17. The number of anilines is 1. The number of nitrogen functional groups attached to an aromatic ring is 1. The molecule has 0 aliphatic carbocycles. The number of H-pyrrole nitrogens is 1. The highest BCUT2D eigenvalue weighted by atomic mass is 19.4. The van der Waals surface area contributed by atoms with Gasteiger partial charge in [-0.15, -0.1) is 0 Å². The van der Waals surface area contributed by atoms with Gasteiger partial charge in [-0.3, -0.25) is 5.10 Å². The van der Waals surface area contributed by atoms with Crippen molar-refractivity contribution < 1.29 is 17.6 Å². The Kier molecular flexibility index (Phi) is 1.92. The molecule has 3 N–H and O–H groups in total. The molecule has 0 amide bonds. The highest BCUT2D eigenvalue weighted by Crippen LogP contribution is 2.30. The minimum absolute atomic E-state index is 0.00604. The number of nitrogens with two attached hydrogens (primary N) is 1. The van der Waals surface area contributed by atoms with Crippen molar-refractivity contribution in [1.29, 1.82) is 0 Å². The summed E-state index contributed by atoms with van der Waals surface area (Å²) in [6, 6.07) is 0.696. The molecule has 0 unspecified atom stereocenters. The van der Waals surface area contributed by atoms with Crippen molar-refractivity contribution in [3.05, 3.63) is 18.0 Å². The van der Waals surface area contributed by atoms with Crippen LogP contribution in [0.15, 0.2) is 16.7 Å². The first-order valence-electron chi connectivity index (χ1n) is 3.81. The summed E-state index contributed by atoms with van der Waals surface area (Å²) in [4.78, 5) is 3.54. The number of hydrogen-bond donors (Lipinski definition) is 2.